The first-order valence-corrected chi connectivity index (χ1v) is 14.5. The molecule has 0 saturated carbocycles. The van der Waals surface area contributed by atoms with Crippen molar-refractivity contribution in [1.29, 1.82) is 0 Å². The summed E-state index contributed by atoms with van der Waals surface area (Å²) in [4.78, 5) is 16.7. The van der Waals surface area contributed by atoms with Crippen LogP contribution in [0.25, 0.3) is 5.69 Å². The van der Waals surface area contributed by atoms with Crippen molar-refractivity contribution in [3.63, 3.8) is 0 Å². The molecule has 3 aliphatic rings. The molecule has 1 fully saturated rings. The van der Waals surface area contributed by atoms with Crippen molar-refractivity contribution in [3.8, 4) is 22.9 Å². The number of hydrogen-bond acceptors (Lipinski definition) is 7. The SMILES string of the molecule is COC(O)C1CCN(C(=O)N2CCCc3c(C(F)(F)F)nn(-c4cccc(O[C@@H](C)c5ccc6c(c5)OC(F)(F)O6)c4)c32)CC1. The van der Waals surface area contributed by atoms with Gasteiger partial charge in [0.15, 0.2) is 23.5 Å². The van der Waals surface area contributed by atoms with Crippen LogP contribution in [0.1, 0.15) is 49.1 Å². The van der Waals surface area contributed by atoms with E-state index in [0.29, 0.717) is 37.9 Å². The molecule has 15 heteroatoms. The number of methoxy groups -OCH3 is 1. The van der Waals surface area contributed by atoms with Crippen LogP contribution in [0.2, 0.25) is 0 Å². The van der Waals surface area contributed by atoms with Crippen molar-refractivity contribution in [2.45, 2.75) is 57.5 Å². The zero-order valence-electron chi connectivity index (χ0n) is 24.4. The Morgan fingerprint density at radius 3 is 2.53 bits per heavy atom. The van der Waals surface area contributed by atoms with Gasteiger partial charge in [0.2, 0.25) is 0 Å². The molecular weight excluding hydrogens is 607 g/mol. The van der Waals surface area contributed by atoms with E-state index in [0.717, 1.165) is 4.68 Å². The first-order chi connectivity index (χ1) is 21.3. The van der Waals surface area contributed by atoms with Gasteiger partial charge in [0.1, 0.15) is 17.7 Å². The molecule has 45 heavy (non-hydrogen) atoms. The quantitative estimate of drug-likeness (QED) is 0.265. The van der Waals surface area contributed by atoms with Crippen LogP contribution in [-0.4, -0.2) is 65.1 Å². The van der Waals surface area contributed by atoms with Gasteiger partial charge in [-0.2, -0.15) is 18.3 Å². The van der Waals surface area contributed by atoms with E-state index in [1.807, 2.05) is 0 Å². The molecule has 1 aromatic heterocycles. The van der Waals surface area contributed by atoms with Gasteiger partial charge >= 0.3 is 18.5 Å². The van der Waals surface area contributed by atoms with Gasteiger partial charge in [0.05, 0.1) is 5.69 Å². The van der Waals surface area contributed by atoms with E-state index in [4.69, 9.17) is 9.47 Å². The summed E-state index contributed by atoms with van der Waals surface area (Å²) in [7, 11) is 1.40. The lowest BCUT2D eigenvalue weighted by Crippen LogP contribution is -2.50. The second-order valence-corrected chi connectivity index (χ2v) is 11.2. The number of nitrogens with zero attached hydrogens (tertiary/aromatic N) is 4. The third-order valence-corrected chi connectivity index (χ3v) is 8.24. The molecular formula is C30H31F5N4O6. The number of ether oxygens (including phenoxy) is 4. The van der Waals surface area contributed by atoms with E-state index >= 15 is 0 Å². The fourth-order valence-corrected chi connectivity index (χ4v) is 5.98. The predicted octanol–water partition coefficient (Wildman–Crippen LogP) is 5.90. The number of benzene rings is 2. The van der Waals surface area contributed by atoms with E-state index in [-0.39, 0.29) is 53.2 Å². The van der Waals surface area contributed by atoms with Crippen LogP contribution < -0.4 is 19.1 Å². The highest BCUT2D eigenvalue weighted by Crippen LogP contribution is 2.43. The number of carbonyl (C=O) groups excluding carboxylic acids is 1. The number of likely N-dealkylation sites (tertiary alicyclic amines) is 1. The smallest absolute Gasteiger partial charge is 0.486 e. The monoisotopic (exact) mass is 638 g/mol. The van der Waals surface area contributed by atoms with Crippen LogP contribution in [0.3, 0.4) is 0 Å². The molecule has 10 nitrogen and oxygen atoms in total. The van der Waals surface area contributed by atoms with E-state index < -0.39 is 36.6 Å². The van der Waals surface area contributed by atoms with Gasteiger partial charge in [-0.1, -0.05) is 12.1 Å². The number of carbonyl (C=O) groups is 1. The summed E-state index contributed by atoms with van der Waals surface area (Å²) in [6.45, 7) is 2.50. The molecule has 0 spiro atoms. The van der Waals surface area contributed by atoms with Gasteiger partial charge in [-0.15, -0.1) is 8.78 Å². The van der Waals surface area contributed by atoms with E-state index in [1.54, 1.807) is 36.1 Å². The average Bonchev–Trinajstić information content (AvgIpc) is 3.56. The van der Waals surface area contributed by atoms with Crippen molar-refractivity contribution in [1.82, 2.24) is 14.7 Å². The Hall–Kier alpha value is -4.11. The number of fused-ring (bicyclic) bond motifs is 2. The lowest BCUT2D eigenvalue weighted by Gasteiger charge is -2.38. The molecule has 0 bridgehead atoms. The fourth-order valence-electron chi connectivity index (χ4n) is 5.98. The molecule has 0 radical (unpaired) electrons. The molecule has 3 aliphatic heterocycles. The second-order valence-electron chi connectivity index (χ2n) is 11.2. The summed E-state index contributed by atoms with van der Waals surface area (Å²) in [5.41, 5.74) is -0.398. The molecule has 1 N–H and O–H groups in total. The molecule has 4 heterocycles. The number of piperidine rings is 1. The van der Waals surface area contributed by atoms with Crippen LogP contribution in [0, 0.1) is 5.92 Å². The molecule has 0 aliphatic carbocycles. The van der Waals surface area contributed by atoms with Crippen molar-refractivity contribution in [2.75, 3.05) is 31.6 Å². The van der Waals surface area contributed by atoms with Crippen molar-refractivity contribution in [2.24, 2.45) is 5.92 Å². The molecule has 242 valence electrons. The fraction of sp³-hybridized carbons (Fsp3) is 0.467. The standard InChI is InChI=1S/C30H31F5N4O6/c1-17(19-8-9-23-24(15-19)45-30(34,35)44-23)43-21-6-3-5-20(16-21)39-26-22(25(36-39)29(31,32)33)7-4-12-38(26)28(41)37-13-10-18(11-14-37)27(40)42-2/h3,5-6,8-9,15-18,27,40H,4,7,10-14H2,1-2H3/t17-,27?/m0/s1. The number of amides is 2. The Kier molecular flexibility index (Phi) is 8.01. The third kappa shape index (κ3) is 6.10. The maximum atomic E-state index is 14.2. The Morgan fingerprint density at radius 1 is 1.09 bits per heavy atom. The number of aliphatic hydroxyl groups is 1. The lowest BCUT2D eigenvalue weighted by molar-refractivity contribution is -0.286. The minimum absolute atomic E-state index is 0.0412. The third-order valence-electron chi connectivity index (χ3n) is 8.24. The minimum atomic E-state index is -4.76. The Morgan fingerprint density at radius 2 is 1.82 bits per heavy atom. The summed E-state index contributed by atoms with van der Waals surface area (Å²) < 4.78 is 90.7. The molecule has 1 saturated heterocycles. The number of urea groups is 1. The van der Waals surface area contributed by atoms with E-state index in [1.165, 1.54) is 30.2 Å². The molecule has 6 rings (SSSR count). The van der Waals surface area contributed by atoms with Crippen molar-refractivity contribution >= 4 is 11.8 Å². The highest BCUT2D eigenvalue weighted by molar-refractivity contribution is 5.93. The van der Waals surface area contributed by atoms with Gasteiger partial charge in [-0.25, -0.2) is 9.48 Å². The number of alkyl halides is 5. The lowest BCUT2D eigenvalue weighted by atomic mass is 9.96. The number of anilines is 1. The number of hydrogen-bond donors (Lipinski definition) is 1. The number of aliphatic hydroxyl groups excluding tert-OH is 1. The molecule has 2 atom stereocenters. The van der Waals surface area contributed by atoms with Crippen LogP contribution in [0.4, 0.5) is 32.6 Å². The number of halogens is 5. The normalized spacial score (nSPS) is 19.3. The summed E-state index contributed by atoms with van der Waals surface area (Å²) >= 11 is 0. The minimum Gasteiger partial charge on any atom is -0.486 e. The summed E-state index contributed by atoms with van der Waals surface area (Å²) in [6, 6.07) is 10.0. The van der Waals surface area contributed by atoms with Gasteiger partial charge in [0.25, 0.3) is 0 Å². The first-order valence-electron chi connectivity index (χ1n) is 14.5. The summed E-state index contributed by atoms with van der Waals surface area (Å²) in [5.74, 6) is -0.0961. The number of rotatable bonds is 6. The molecule has 1 unspecified atom stereocenters. The van der Waals surface area contributed by atoms with Gasteiger partial charge in [-0.3, -0.25) is 4.90 Å². The molecule has 2 aromatic carbocycles. The highest BCUT2D eigenvalue weighted by atomic mass is 19.4. The maximum absolute atomic E-state index is 14.2. The van der Waals surface area contributed by atoms with E-state index in [9.17, 15) is 31.9 Å². The highest BCUT2D eigenvalue weighted by Gasteiger charge is 2.44. The first kappa shape index (κ1) is 30.9. The van der Waals surface area contributed by atoms with Crippen molar-refractivity contribution < 1.29 is 50.8 Å². The average molecular weight is 639 g/mol. The zero-order chi connectivity index (χ0) is 32.1. The van der Waals surface area contributed by atoms with Crippen LogP contribution in [0.5, 0.6) is 17.2 Å². The topological polar surface area (TPSA) is 98.5 Å². The Labute approximate surface area is 254 Å². The van der Waals surface area contributed by atoms with Crippen LogP contribution in [0.15, 0.2) is 42.5 Å². The molecule has 3 aromatic rings. The predicted molar refractivity (Wildman–Crippen MR) is 149 cm³/mol. The second kappa shape index (κ2) is 11.7. The van der Waals surface area contributed by atoms with Crippen LogP contribution >= 0.6 is 0 Å². The van der Waals surface area contributed by atoms with Crippen molar-refractivity contribution in [3.05, 3.63) is 59.3 Å². The maximum Gasteiger partial charge on any atom is 0.586 e. The zero-order valence-corrected chi connectivity index (χ0v) is 24.4. The number of aromatic nitrogens is 2. The molecule has 2 amide bonds. The van der Waals surface area contributed by atoms with Crippen LogP contribution in [-0.2, 0) is 17.3 Å². The van der Waals surface area contributed by atoms with Gasteiger partial charge in [-0.05, 0) is 62.4 Å². The largest absolute Gasteiger partial charge is 0.586 e. The summed E-state index contributed by atoms with van der Waals surface area (Å²) in [6.07, 6.45) is -8.76. The van der Waals surface area contributed by atoms with Gasteiger partial charge < -0.3 is 29.0 Å². The van der Waals surface area contributed by atoms with Gasteiger partial charge in [0, 0.05) is 44.3 Å². The Balaban J connectivity index is 1.28. The Bertz CT molecular complexity index is 1570. The summed E-state index contributed by atoms with van der Waals surface area (Å²) in [5, 5.41) is 14.0. The van der Waals surface area contributed by atoms with E-state index in [2.05, 4.69) is 14.6 Å².